The van der Waals surface area contributed by atoms with Crippen LogP contribution in [0.25, 0.3) is 5.57 Å². The molecule has 3 heterocycles. The summed E-state index contributed by atoms with van der Waals surface area (Å²) in [4.78, 5) is 27.6. The second-order valence-corrected chi connectivity index (χ2v) is 6.44. The van der Waals surface area contributed by atoms with Crippen LogP contribution in [0, 0.1) is 11.3 Å². The van der Waals surface area contributed by atoms with Crippen LogP contribution in [-0.2, 0) is 9.53 Å². The lowest BCUT2D eigenvalue weighted by atomic mass is 10.1. The number of nitriles is 1. The Morgan fingerprint density at radius 3 is 2.54 bits per heavy atom. The largest absolute Gasteiger partial charge is 0.479 e. The van der Waals surface area contributed by atoms with Crippen LogP contribution in [-0.4, -0.2) is 79.1 Å². The Balaban J connectivity index is 2.23. The first kappa shape index (κ1) is 19.8. The molecule has 3 rings (SSSR count). The van der Waals surface area contributed by atoms with Crippen molar-refractivity contribution in [3.63, 3.8) is 0 Å². The summed E-state index contributed by atoms with van der Waals surface area (Å²) in [5, 5.41) is 48.7. The van der Waals surface area contributed by atoms with Crippen LogP contribution in [0.4, 0.5) is 0 Å². The van der Waals surface area contributed by atoms with Gasteiger partial charge in [0.1, 0.15) is 29.9 Å². The monoisotopic (exact) mass is 390 g/mol. The normalized spacial score (nSPS) is 28.9. The number of aliphatic carboxylic acids is 1. The Labute approximate surface area is 158 Å². The number of ether oxygens (including phenoxy) is 1. The molecule has 1 saturated heterocycles. The van der Waals surface area contributed by atoms with Crippen molar-refractivity contribution in [2.24, 2.45) is 15.0 Å². The van der Waals surface area contributed by atoms with Crippen LogP contribution in [0.5, 0.6) is 0 Å². The van der Waals surface area contributed by atoms with Gasteiger partial charge in [-0.1, -0.05) is 0 Å². The molecule has 2 aliphatic rings. The van der Waals surface area contributed by atoms with E-state index in [1.165, 1.54) is 11.6 Å². The fourth-order valence-electron chi connectivity index (χ4n) is 3.06. The van der Waals surface area contributed by atoms with Crippen molar-refractivity contribution in [1.29, 1.82) is 5.26 Å². The molecular weight excluding hydrogens is 372 g/mol. The summed E-state index contributed by atoms with van der Waals surface area (Å²) in [5.41, 5.74) is 1.35. The van der Waals surface area contributed by atoms with Crippen LogP contribution in [0.3, 0.4) is 0 Å². The van der Waals surface area contributed by atoms with E-state index in [4.69, 9.17) is 9.84 Å². The highest BCUT2D eigenvalue weighted by molar-refractivity contribution is 6.12. The van der Waals surface area contributed by atoms with Gasteiger partial charge in [-0.25, -0.2) is 9.78 Å². The van der Waals surface area contributed by atoms with Crippen molar-refractivity contribution in [3.05, 3.63) is 16.7 Å². The number of carboxylic acids is 1. The predicted octanol–water partition coefficient (Wildman–Crippen LogP) is -2.93. The molecule has 2 aliphatic heterocycles. The SMILES string of the molecule is CN=C1N=C(C#N)N=c2c1nc(=C(C)C)n2[C@@H]1O[C@H](C(O)C(=O)O)[C@@H](O)[C@H]1O. The first-order valence-corrected chi connectivity index (χ1v) is 8.24. The van der Waals surface area contributed by atoms with E-state index in [2.05, 4.69) is 20.0 Å². The average Bonchev–Trinajstić information content (AvgIpc) is 3.18. The first-order valence-electron chi connectivity index (χ1n) is 8.24. The molecule has 148 valence electrons. The number of carboxylic acid groups (broad SMARTS) is 1. The molecule has 0 amide bonds. The van der Waals surface area contributed by atoms with Crippen molar-refractivity contribution in [3.8, 4) is 6.07 Å². The van der Waals surface area contributed by atoms with Gasteiger partial charge >= 0.3 is 5.97 Å². The minimum atomic E-state index is -2.05. The van der Waals surface area contributed by atoms with Crippen molar-refractivity contribution in [1.82, 2.24) is 9.55 Å². The van der Waals surface area contributed by atoms with Crippen molar-refractivity contribution < 1.29 is 30.0 Å². The fourth-order valence-corrected chi connectivity index (χ4v) is 3.06. The van der Waals surface area contributed by atoms with Gasteiger partial charge in [0, 0.05) is 7.05 Å². The number of imidazole rings is 1. The Morgan fingerprint density at radius 2 is 2.00 bits per heavy atom. The van der Waals surface area contributed by atoms with E-state index in [-0.39, 0.29) is 22.9 Å². The molecule has 12 heteroatoms. The van der Waals surface area contributed by atoms with E-state index in [0.717, 1.165) is 0 Å². The summed E-state index contributed by atoms with van der Waals surface area (Å²) >= 11 is 0. The summed E-state index contributed by atoms with van der Waals surface area (Å²) in [6.45, 7) is 3.47. The van der Waals surface area contributed by atoms with Crippen molar-refractivity contribution in [2.45, 2.75) is 44.5 Å². The minimum absolute atomic E-state index is 0.116. The number of fused-ring (bicyclic) bond motifs is 1. The van der Waals surface area contributed by atoms with Crippen LogP contribution < -0.4 is 11.0 Å². The third-order valence-electron chi connectivity index (χ3n) is 4.37. The molecule has 0 saturated carbocycles. The highest BCUT2D eigenvalue weighted by Gasteiger charge is 2.49. The summed E-state index contributed by atoms with van der Waals surface area (Å²) in [5.74, 6) is -1.64. The molecule has 12 nitrogen and oxygen atoms in total. The van der Waals surface area contributed by atoms with Crippen molar-refractivity contribution >= 4 is 23.2 Å². The van der Waals surface area contributed by atoms with E-state index in [0.29, 0.717) is 11.1 Å². The van der Waals surface area contributed by atoms with E-state index in [9.17, 15) is 25.4 Å². The Morgan fingerprint density at radius 1 is 1.32 bits per heavy atom. The maximum Gasteiger partial charge on any atom is 0.335 e. The number of aliphatic imine (C=N–C) groups is 2. The molecule has 1 aromatic heterocycles. The van der Waals surface area contributed by atoms with Gasteiger partial charge in [0.15, 0.2) is 29.3 Å². The Kier molecular flexibility index (Phi) is 5.09. The maximum atomic E-state index is 11.1. The van der Waals surface area contributed by atoms with Gasteiger partial charge in [-0.3, -0.25) is 9.56 Å². The molecular formula is C16H18N6O6. The molecule has 0 spiro atoms. The molecule has 0 aromatic carbocycles. The molecule has 1 unspecified atom stereocenters. The highest BCUT2D eigenvalue weighted by atomic mass is 16.6. The molecule has 0 aliphatic carbocycles. The van der Waals surface area contributed by atoms with Crippen LogP contribution in [0.1, 0.15) is 25.8 Å². The number of aliphatic hydroxyl groups is 3. The van der Waals surface area contributed by atoms with Gasteiger partial charge in [0.25, 0.3) is 0 Å². The standard InChI is InChI=1S/C16H18N6O6/c1-5(2)13-21-7-12(18-3)19-6(4-17)20-14(7)22(13)15-9(24)8(23)11(28-15)10(25)16(26)27/h8-11,15,23-25H,1-3H3,(H,26,27)/t8-,9+,10?,11-,15+/m0/s1. The van der Waals surface area contributed by atoms with Crippen LogP contribution >= 0.6 is 0 Å². The van der Waals surface area contributed by atoms with Gasteiger partial charge in [-0.05, 0) is 19.4 Å². The number of amidine groups is 2. The van der Waals surface area contributed by atoms with Gasteiger partial charge in [0.05, 0.1) is 0 Å². The smallest absolute Gasteiger partial charge is 0.335 e. The number of aromatic nitrogens is 2. The molecule has 1 aromatic rings. The van der Waals surface area contributed by atoms with Gasteiger partial charge in [-0.15, -0.1) is 0 Å². The first-order chi connectivity index (χ1) is 13.2. The van der Waals surface area contributed by atoms with E-state index >= 15 is 0 Å². The lowest BCUT2D eigenvalue weighted by molar-refractivity contribution is -0.160. The number of hydrogen-bond donors (Lipinski definition) is 4. The molecule has 0 bridgehead atoms. The minimum Gasteiger partial charge on any atom is -0.479 e. The quantitative estimate of drug-likeness (QED) is 0.422. The molecule has 4 N–H and O–H groups in total. The highest BCUT2D eigenvalue weighted by Crippen LogP contribution is 2.30. The Bertz CT molecular complexity index is 1050. The second-order valence-electron chi connectivity index (χ2n) is 6.44. The van der Waals surface area contributed by atoms with E-state index in [1.54, 1.807) is 13.8 Å². The number of nitrogens with zero attached hydrogens (tertiary/aromatic N) is 6. The summed E-state index contributed by atoms with van der Waals surface area (Å²) in [6.07, 6.45) is -8.20. The van der Waals surface area contributed by atoms with Gasteiger partial charge in [0.2, 0.25) is 5.84 Å². The number of carbonyl (C=O) groups is 1. The zero-order chi connectivity index (χ0) is 20.7. The van der Waals surface area contributed by atoms with Gasteiger partial charge < -0.3 is 25.2 Å². The molecule has 1 fully saturated rings. The number of hydrogen-bond acceptors (Lipinski definition) is 9. The fraction of sp³-hybridized carbons (Fsp3) is 0.500. The molecule has 0 radical (unpaired) electrons. The summed E-state index contributed by atoms with van der Waals surface area (Å²) < 4.78 is 6.84. The van der Waals surface area contributed by atoms with Crippen LogP contribution in [0.15, 0.2) is 15.0 Å². The number of rotatable bonds is 3. The van der Waals surface area contributed by atoms with Crippen molar-refractivity contribution in [2.75, 3.05) is 7.05 Å². The summed E-state index contributed by atoms with van der Waals surface area (Å²) in [6, 6.07) is 1.81. The zero-order valence-corrected chi connectivity index (χ0v) is 15.2. The third-order valence-corrected chi connectivity index (χ3v) is 4.37. The predicted molar refractivity (Wildman–Crippen MR) is 92.8 cm³/mol. The molecule has 5 atom stereocenters. The van der Waals surface area contributed by atoms with Crippen LogP contribution in [0.2, 0.25) is 0 Å². The lowest BCUT2D eigenvalue weighted by Gasteiger charge is -2.18. The lowest BCUT2D eigenvalue weighted by Crippen LogP contribution is -2.43. The van der Waals surface area contributed by atoms with Gasteiger partial charge in [-0.2, -0.15) is 15.2 Å². The maximum absolute atomic E-state index is 11.1. The third kappa shape index (κ3) is 3.00. The molecule has 28 heavy (non-hydrogen) atoms. The van der Waals surface area contributed by atoms with E-state index < -0.39 is 36.6 Å². The zero-order valence-electron chi connectivity index (χ0n) is 15.2. The summed E-state index contributed by atoms with van der Waals surface area (Å²) in [7, 11) is 1.47. The topological polar surface area (TPSA) is 186 Å². The average molecular weight is 390 g/mol. The second kappa shape index (κ2) is 7.21. The Hall–Kier alpha value is -2.98. The number of aliphatic hydroxyl groups excluding tert-OH is 3. The van der Waals surface area contributed by atoms with E-state index in [1.807, 2.05) is 6.07 Å².